The lowest BCUT2D eigenvalue weighted by molar-refractivity contribution is -0.117. The van der Waals surface area contributed by atoms with Crippen molar-refractivity contribution in [3.05, 3.63) is 58.4 Å². The molecule has 0 fully saturated rings. The van der Waals surface area contributed by atoms with Gasteiger partial charge in [-0.2, -0.15) is 4.99 Å². The second kappa shape index (κ2) is 7.66. The molecular formula is C20H22N2O2S. The highest BCUT2D eigenvalue weighted by atomic mass is 32.1. The van der Waals surface area contributed by atoms with Gasteiger partial charge >= 0.3 is 0 Å². The zero-order chi connectivity index (χ0) is 17.8. The number of ether oxygens (including phenoxy) is 1. The average Bonchev–Trinajstić information content (AvgIpc) is 2.96. The first-order chi connectivity index (χ1) is 12.1. The Balaban J connectivity index is 2.10. The van der Waals surface area contributed by atoms with Crippen LogP contribution >= 0.6 is 11.3 Å². The first-order valence-corrected chi connectivity index (χ1v) is 9.24. The number of rotatable bonds is 5. The minimum atomic E-state index is -0.126. The van der Waals surface area contributed by atoms with E-state index in [9.17, 15) is 4.79 Å². The average molecular weight is 354 g/mol. The zero-order valence-corrected chi connectivity index (χ0v) is 15.6. The first kappa shape index (κ1) is 17.4. The number of thiazole rings is 1. The molecule has 0 aliphatic rings. The Bertz CT molecular complexity index is 955. The summed E-state index contributed by atoms with van der Waals surface area (Å²) in [6.45, 7) is 5.00. The van der Waals surface area contributed by atoms with E-state index in [1.165, 1.54) is 5.56 Å². The van der Waals surface area contributed by atoms with Gasteiger partial charge < -0.3 is 9.30 Å². The molecule has 0 aliphatic carbocycles. The van der Waals surface area contributed by atoms with Gasteiger partial charge in [0.2, 0.25) is 0 Å². The lowest BCUT2D eigenvalue weighted by Gasteiger charge is -2.08. The van der Waals surface area contributed by atoms with Crippen LogP contribution in [-0.4, -0.2) is 17.6 Å². The lowest BCUT2D eigenvalue weighted by atomic mass is 10.1. The number of methoxy groups -OCH3 is 1. The Kier molecular flexibility index (Phi) is 5.34. The third kappa shape index (κ3) is 3.66. The fourth-order valence-electron chi connectivity index (χ4n) is 2.88. The molecule has 5 heteroatoms. The van der Waals surface area contributed by atoms with Crippen LogP contribution in [0.25, 0.3) is 10.2 Å². The van der Waals surface area contributed by atoms with Gasteiger partial charge in [0, 0.05) is 6.54 Å². The van der Waals surface area contributed by atoms with Crippen molar-refractivity contribution in [3.63, 3.8) is 0 Å². The summed E-state index contributed by atoms with van der Waals surface area (Å²) in [6, 6.07) is 13.7. The van der Waals surface area contributed by atoms with Gasteiger partial charge in [0.15, 0.2) is 4.80 Å². The summed E-state index contributed by atoms with van der Waals surface area (Å²) < 4.78 is 8.77. The highest BCUT2D eigenvalue weighted by molar-refractivity contribution is 7.16. The largest absolute Gasteiger partial charge is 0.495 e. The summed E-state index contributed by atoms with van der Waals surface area (Å²) in [5.41, 5.74) is 3.18. The summed E-state index contributed by atoms with van der Waals surface area (Å²) in [6.07, 6.45) is 1.28. The van der Waals surface area contributed by atoms with E-state index >= 15 is 0 Å². The smallest absolute Gasteiger partial charge is 0.252 e. The van der Waals surface area contributed by atoms with Crippen molar-refractivity contribution in [1.82, 2.24) is 4.57 Å². The molecule has 2 aromatic carbocycles. The Hall–Kier alpha value is -2.40. The van der Waals surface area contributed by atoms with E-state index in [0.29, 0.717) is 6.42 Å². The number of nitrogens with zero attached hydrogens (tertiary/aromatic N) is 2. The molecule has 0 spiro atoms. The second-order valence-electron chi connectivity index (χ2n) is 5.97. The van der Waals surface area contributed by atoms with Crippen molar-refractivity contribution in [2.75, 3.05) is 7.11 Å². The molecule has 0 bridgehead atoms. The van der Waals surface area contributed by atoms with Crippen molar-refractivity contribution in [2.24, 2.45) is 4.99 Å². The number of amides is 1. The first-order valence-electron chi connectivity index (χ1n) is 8.42. The van der Waals surface area contributed by atoms with E-state index in [2.05, 4.69) is 23.4 Å². The Labute approximate surface area is 151 Å². The second-order valence-corrected chi connectivity index (χ2v) is 6.94. The number of aromatic nitrogens is 1. The molecule has 1 amide bonds. The molecule has 25 heavy (non-hydrogen) atoms. The third-order valence-corrected chi connectivity index (χ3v) is 5.28. The topological polar surface area (TPSA) is 43.6 Å². The van der Waals surface area contributed by atoms with Crippen LogP contribution in [0.3, 0.4) is 0 Å². The van der Waals surface area contributed by atoms with Crippen LogP contribution in [0.2, 0.25) is 0 Å². The number of aryl methyl sites for hydroxylation is 2. The SMILES string of the molecule is CCCn1c(=NC(=O)Cc2ccccc2)sc2c(C)ccc(OC)c21. The van der Waals surface area contributed by atoms with Gasteiger partial charge in [-0.3, -0.25) is 4.79 Å². The molecule has 1 heterocycles. The van der Waals surface area contributed by atoms with Crippen molar-refractivity contribution in [2.45, 2.75) is 33.2 Å². The molecule has 0 N–H and O–H groups in total. The molecule has 0 saturated heterocycles. The molecule has 0 unspecified atom stereocenters. The molecule has 0 aliphatic heterocycles. The van der Waals surface area contributed by atoms with Crippen molar-refractivity contribution >= 4 is 27.5 Å². The highest BCUT2D eigenvalue weighted by Gasteiger charge is 2.14. The molecule has 0 radical (unpaired) electrons. The van der Waals surface area contributed by atoms with Crippen LogP contribution in [0, 0.1) is 6.92 Å². The summed E-state index contributed by atoms with van der Waals surface area (Å²) in [7, 11) is 1.68. The van der Waals surface area contributed by atoms with E-state index in [1.807, 2.05) is 42.5 Å². The molecular weight excluding hydrogens is 332 g/mol. The summed E-state index contributed by atoms with van der Waals surface area (Å²) >= 11 is 1.55. The molecule has 3 aromatic rings. The molecule has 0 saturated carbocycles. The van der Waals surface area contributed by atoms with Crippen LogP contribution in [0.15, 0.2) is 47.5 Å². The highest BCUT2D eigenvalue weighted by Crippen LogP contribution is 2.30. The van der Waals surface area contributed by atoms with Crippen LogP contribution in [-0.2, 0) is 17.8 Å². The predicted molar refractivity (Wildman–Crippen MR) is 102 cm³/mol. The van der Waals surface area contributed by atoms with Crippen molar-refractivity contribution in [3.8, 4) is 5.75 Å². The fourth-order valence-corrected chi connectivity index (χ4v) is 4.04. The summed E-state index contributed by atoms with van der Waals surface area (Å²) in [5.74, 6) is 0.696. The Morgan fingerprint density at radius 2 is 1.96 bits per heavy atom. The molecule has 3 rings (SSSR count). The molecule has 0 atom stereocenters. The number of hydrogen-bond acceptors (Lipinski definition) is 3. The monoisotopic (exact) mass is 354 g/mol. The van der Waals surface area contributed by atoms with Crippen molar-refractivity contribution in [1.29, 1.82) is 0 Å². The van der Waals surface area contributed by atoms with Gasteiger partial charge in [0.25, 0.3) is 5.91 Å². The minimum absolute atomic E-state index is 0.126. The third-order valence-electron chi connectivity index (χ3n) is 4.07. The number of benzene rings is 2. The summed E-state index contributed by atoms with van der Waals surface area (Å²) in [4.78, 5) is 17.6. The number of fused-ring (bicyclic) bond motifs is 1. The maximum Gasteiger partial charge on any atom is 0.252 e. The van der Waals surface area contributed by atoms with Crippen LogP contribution < -0.4 is 9.54 Å². The van der Waals surface area contributed by atoms with E-state index in [1.54, 1.807) is 18.4 Å². The van der Waals surface area contributed by atoms with E-state index < -0.39 is 0 Å². The number of carbonyl (C=O) groups is 1. The maximum absolute atomic E-state index is 12.4. The van der Waals surface area contributed by atoms with Gasteiger partial charge in [0.05, 0.1) is 18.2 Å². The van der Waals surface area contributed by atoms with E-state index in [0.717, 1.165) is 39.3 Å². The van der Waals surface area contributed by atoms with Crippen LogP contribution in [0.4, 0.5) is 0 Å². The Morgan fingerprint density at radius 3 is 2.64 bits per heavy atom. The quantitative estimate of drug-likeness (QED) is 0.692. The fraction of sp³-hybridized carbons (Fsp3) is 0.300. The van der Waals surface area contributed by atoms with Crippen molar-refractivity contribution < 1.29 is 9.53 Å². The molecule has 1 aromatic heterocycles. The van der Waals surface area contributed by atoms with Crippen LogP contribution in [0.5, 0.6) is 5.75 Å². The van der Waals surface area contributed by atoms with Gasteiger partial charge in [-0.1, -0.05) is 54.7 Å². The van der Waals surface area contributed by atoms with Gasteiger partial charge in [0.1, 0.15) is 11.3 Å². The Morgan fingerprint density at radius 1 is 1.20 bits per heavy atom. The zero-order valence-electron chi connectivity index (χ0n) is 14.8. The van der Waals surface area contributed by atoms with Gasteiger partial charge in [-0.05, 0) is 30.5 Å². The predicted octanol–water partition coefficient (Wildman–Crippen LogP) is 4.10. The lowest BCUT2D eigenvalue weighted by Crippen LogP contribution is -2.17. The minimum Gasteiger partial charge on any atom is -0.495 e. The number of carbonyl (C=O) groups excluding carboxylic acids is 1. The van der Waals surface area contributed by atoms with Gasteiger partial charge in [-0.25, -0.2) is 0 Å². The normalized spacial score (nSPS) is 11.9. The van der Waals surface area contributed by atoms with Gasteiger partial charge in [-0.15, -0.1) is 0 Å². The molecule has 130 valence electrons. The van der Waals surface area contributed by atoms with E-state index in [-0.39, 0.29) is 5.91 Å². The standard InChI is InChI=1S/C20H22N2O2S/c1-4-12-22-18-16(24-3)11-10-14(2)19(18)25-20(22)21-17(23)13-15-8-6-5-7-9-15/h5-11H,4,12-13H2,1-3H3. The maximum atomic E-state index is 12.4. The molecule has 4 nitrogen and oxygen atoms in total. The number of hydrogen-bond donors (Lipinski definition) is 0. The van der Waals surface area contributed by atoms with Crippen LogP contribution in [0.1, 0.15) is 24.5 Å². The summed E-state index contributed by atoms with van der Waals surface area (Å²) in [5, 5.41) is 0. The van der Waals surface area contributed by atoms with E-state index in [4.69, 9.17) is 4.74 Å².